The number of hydrogen-bond acceptors (Lipinski definition) is 1. The van der Waals surface area contributed by atoms with E-state index in [9.17, 15) is 0 Å². The van der Waals surface area contributed by atoms with Crippen LogP contribution in [-0.4, -0.2) is 12.2 Å². The van der Waals surface area contributed by atoms with E-state index in [4.69, 9.17) is 12.2 Å². The minimum atomic E-state index is 0.664. The second-order valence-electron chi connectivity index (χ2n) is 3.67. The van der Waals surface area contributed by atoms with E-state index in [0.29, 0.717) is 5.11 Å². The molecule has 2 nitrogen and oxygen atoms in total. The molecule has 0 spiro atoms. The number of thiocarbonyl (C=S) groups is 1. The molecular weight excluding hydrogens is 204 g/mol. The molecule has 0 aliphatic rings. The van der Waals surface area contributed by atoms with Crippen LogP contribution in [0.1, 0.15) is 23.6 Å². The topological polar surface area (TPSA) is 24.1 Å². The largest absolute Gasteiger partial charge is 0.366 e. The van der Waals surface area contributed by atoms with E-state index in [1.807, 2.05) is 7.05 Å². The molecule has 0 atom stereocenters. The average molecular weight is 222 g/mol. The highest BCUT2D eigenvalue weighted by Gasteiger charge is 2.06. The van der Waals surface area contributed by atoms with Crippen LogP contribution in [0.2, 0.25) is 0 Å². The molecule has 0 amide bonds. The standard InChI is InChI=1S/C12H18N2S/c1-5-10-7-8(2)6-9(3)11(10)14-12(15)13-4/h6-7H,5H2,1-4H3,(H2,13,14,15). The summed E-state index contributed by atoms with van der Waals surface area (Å²) in [6.07, 6.45) is 1.01. The fourth-order valence-electron chi connectivity index (χ4n) is 1.69. The third kappa shape index (κ3) is 2.93. The van der Waals surface area contributed by atoms with Crippen molar-refractivity contribution in [2.45, 2.75) is 27.2 Å². The van der Waals surface area contributed by atoms with Gasteiger partial charge in [0.25, 0.3) is 0 Å². The van der Waals surface area contributed by atoms with E-state index >= 15 is 0 Å². The Balaban J connectivity index is 3.09. The van der Waals surface area contributed by atoms with Crippen molar-refractivity contribution in [1.29, 1.82) is 0 Å². The summed E-state index contributed by atoms with van der Waals surface area (Å²) in [4.78, 5) is 0. The minimum Gasteiger partial charge on any atom is -0.366 e. The normalized spacial score (nSPS) is 9.87. The van der Waals surface area contributed by atoms with Crippen molar-refractivity contribution in [2.24, 2.45) is 0 Å². The summed E-state index contributed by atoms with van der Waals surface area (Å²) in [6, 6.07) is 4.37. The van der Waals surface area contributed by atoms with Crippen LogP contribution >= 0.6 is 12.2 Å². The SMILES string of the molecule is CCc1cc(C)cc(C)c1NC(=S)NC. The smallest absolute Gasteiger partial charge is 0.170 e. The van der Waals surface area contributed by atoms with Crippen molar-refractivity contribution >= 4 is 23.0 Å². The summed E-state index contributed by atoms with van der Waals surface area (Å²) in [5.74, 6) is 0. The van der Waals surface area contributed by atoms with Crippen LogP contribution in [0.5, 0.6) is 0 Å². The Hall–Kier alpha value is -1.09. The van der Waals surface area contributed by atoms with Gasteiger partial charge in [-0.05, 0) is 43.6 Å². The third-order valence-corrected chi connectivity index (χ3v) is 2.71. The molecule has 0 bridgehead atoms. The molecule has 1 aromatic rings. The predicted molar refractivity (Wildman–Crippen MR) is 70.6 cm³/mol. The van der Waals surface area contributed by atoms with Gasteiger partial charge in [-0.2, -0.15) is 0 Å². The Morgan fingerprint density at radius 2 is 2.00 bits per heavy atom. The molecular formula is C12H18N2S. The molecule has 0 heterocycles. The van der Waals surface area contributed by atoms with E-state index in [1.165, 1.54) is 16.7 Å². The summed E-state index contributed by atoms with van der Waals surface area (Å²) in [5.41, 5.74) is 4.99. The maximum absolute atomic E-state index is 5.12. The van der Waals surface area contributed by atoms with Crippen molar-refractivity contribution in [3.8, 4) is 0 Å². The second-order valence-corrected chi connectivity index (χ2v) is 4.08. The molecule has 0 saturated carbocycles. The summed E-state index contributed by atoms with van der Waals surface area (Å²) >= 11 is 5.12. The third-order valence-electron chi connectivity index (χ3n) is 2.41. The fourth-order valence-corrected chi connectivity index (χ4v) is 1.79. The summed E-state index contributed by atoms with van der Waals surface area (Å²) in [5, 5.41) is 6.82. The van der Waals surface area contributed by atoms with E-state index in [2.05, 4.69) is 43.5 Å². The van der Waals surface area contributed by atoms with Gasteiger partial charge in [-0.15, -0.1) is 0 Å². The first-order valence-corrected chi connectivity index (χ1v) is 5.58. The molecule has 0 aliphatic carbocycles. The molecule has 82 valence electrons. The molecule has 1 aromatic carbocycles. The number of aryl methyl sites for hydroxylation is 3. The summed E-state index contributed by atoms with van der Waals surface area (Å²) in [6.45, 7) is 6.38. The van der Waals surface area contributed by atoms with Gasteiger partial charge in [0, 0.05) is 12.7 Å². The Morgan fingerprint density at radius 1 is 1.33 bits per heavy atom. The summed E-state index contributed by atoms with van der Waals surface area (Å²) < 4.78 is 0. The van der Waals surface area contributed by atoms with Crippen LogP contribution in [0.25, 0.3) is 0 Å². The van der Waals surface area contributed by atoms with Gasteiger partial charge < -0.3 is 10.6 Å². The van der Waals surface area contributed by atoms with Crippen molar-refractivity contribution < 1.29 is 0 Å². The quantitative estimate of drug-likeness (QED) is 0.752. The maximum atomic E-state index is 5.12. The van der Waals surface area contributed by atoms with Crippen LogP contribution in [0.15, 0.2) is 12.1 Å². The van der Waals surface area contributed by atoms with E-state index < -0.39 is 0 Å². The Labute approximate surface area is 97.1 Å². The van der Waals surface area contributed by atoms with Gasteiger partial charge in [0.2, 0.25) is 0 Å². The predicted octanol–water partition coefficient (Wildman–Crippen LogP) is 2.78. The van der Waals surface area contributed by atoms with E-state index in [-0.39, 0.29) is 0 Å². The highest BCUT2D eigenvalue weighted by atomic mass is 32.1. The average Bonchev–Trinajstić information content (AvgIpc) is 2.21. The lowest BCUT2D eigenvalue weighted by Crippen LogP contribution is -2.25. The highest BCUT2D eigenvalue weighted by molar-refractivity contribution is 7.80. The van der Waals surface area contributed by atoms with Gasteiger partial charge in [0.15, 0.2) is 5.11 Å². The lowest BCUT2D eigenvalue weighted by atomic mass is 10.0. The molecule has 0 fully saturated rings. The van der Waals surface area contributed by atoms with Crippen molar-refractivity contribution in [1.82, 2.24) is 5.32 Å². The molecule has 3 heteroatoms. The first-order chi connectivity index (χ1) is 7.08. The molecule has 0 aromatic heterocycles. The second kappa shape index (κ2) is 5.12. The lowest BCUT2D eigenvalue weighted by molar-refractivity contribution is 1.12. The van der Waals surface area contributed by atoms with Crippen molar-refractivity contribution in [3.05, 3.63) is 28.8 Å². The molecule has 1 rings (SSSR count). The van der Waals surface area contributed by atoms with Crippen LogP contribution in [-0.2, 0) is 6.42 Å². The first kappa shape index (κ1) is 12.0. The van der Waals surface area contributed by atoms with Gasteiger partial charge in [0.1, 0.15) is 0 Å². The van der Waals surface area contributed by atoms with Gasteiger partial charge in [-0.3, -0.25) is 0 Å². The first-order valence-electron chi connectivity index (χ1n) is 5.17. The molecule has 0 aliphatic heterocycles. The minimum absolute atomic E-state index is 0.664. The molecule has 0 unspecified atom stereocenters. The van der Waals surface area contributed by atoms with Gasteiger partial charge in [-0.1, -0.05) is 24.6 Å². The number of rotatable bonds is 2. The Kier molecular flexibility index (Phi) is 4.09. The Morgan fingerprint density at radius 3 is 2.53 bits per heavy atom. The van der Waals surface area contributed by atoms with Crippen LogP contribution in [0, 0.1) is 13.8 Å². The maximum Gasteiger partial charge on any atom is 0.170 e. The van der Waals surface area contributed by atoms with Crippen LogP contribution in [0.4, 0.5) is 5.69 Å². The van der Waals surface area contributed by atoms with Crippen LogP contribution < -0.4 is 10.6 Å². The highest BCUT2D eigenvalue weighted by Crippen LogP contribution is 2.23. The van der Waals surface area contributed by atoms with E-state index in [1.54, 1.807) is 0 Å². The van der Waals surface area contributed by atoms with Crippen molar-refractivity contribution in [2.75, 3.05) is 12.4 Å². The molecule has 0 saturated heterocycles. The van der Waals surface area contributed by atoms with Crippen molar-refractivity contribution in [3.63, 3.8) is 0 Å². The zero-order valence-electron chi connectivity index (χ0n) is 9.77. The van der Waals surface area contributed by atoms with Gasteiger partial charge in [0.05, 0.1) is 0 Å². The number of nitrogens with one attached hydrogen (secondary N) is 2. The zero-order chi connectivity index (χ0) is 11.4. The molecule has 15 heavy (non-hydrogen) atoms. The van der Waals surface area contributed by atoms with Crippen LogP contribution in [0.3, 0.4) is 0 Å². The van der Waals surface area contributed by atoms with Gasteiger partial charge >= 0.3 is 0 Å². The lowest BCUT2D eigenvalue weighted by Gasteiger charge is -2.15. The molecule has 2 N–H and O–H groups in total. The number of benzene rings is 1. The number of anilines is 1. The monoisotopic (exact) mass is 222 g/mol. The fraction of sp³-hybridized carbons (Fsp3) is 0.417. The summed E-state index contributed by atoms with van der Waals surface area (Å²) in [7, 11) is 1.82. The Bertz CT molecular complexity index is 372. The number of hydrogen-bond donors (Lipinski definition) is 2. The van der Waals surface area contributed by atoms with Gasteiger partial charge in [-0.25, -0.2) is 0 Å². The van der Waals surface area contributed by atoms with E-state index in [0.717, 1.165) is 12.1 Å². The zero-order valence-corrected chi connectivity index (χ0v) is 10.6. The molecule has 0 radical (unpaired) electrons.